The van der Waals surface area contributed by atoms with Gasteiger partial charge >= 0.3 is 0 Å². The van der Waals surface area contributed by atoms with Crippen LogP contribution in [0.4, 0.5) is 0 Å². The summed E-state index contributed by atoms with van der Waals surface area (Å²) >= 11 is 0. The van der Waals surface area contributed by atoms with Crippen molar-refractivity contribution in [2.24, 2.45) is 5.92 Å². The van der Waals surface area contributed by atoms with Gasteiger partial charge in [0.1, 0.15) is 0 Å². The van der Waals surface area contributed by atoms with E-state index in [9.17, 15) is 0 Å². The Kier molecular flexibility index (Phi) is 3.09. The van der Waals surface area contributed by atoms with Crippen LogP contribution in [0.2, 0.25) is 0 Å². The minimum atomic E-state index is -0.0216. The average Bonchev–Trinajstić information content (AvgIpc) is 1.83. The fourth-order valence-electron chi connectivity index (χ4n) is 1.36. The molecule has 0 aromatic carbocycles. The van der Waals surface area contributed by atoms with Crippen LogP contribution in [0.15, 0.2) is 12.2 Å². The molecule has 0 aliphatic heterocycles. The van der Waals surface area contributed by atoms with E-state index >= 15 is 0 Å². The van der Waals surface area contributed by atoms with E-state index in [4.69, 9.17) is 5.11 Å². The fraction of sp³-hybridized carbons (Fsp3) is 0.778. The van der Waals surface area contributed by atoms with Crippen molar-refractivity contribution in [2.45, 2.75) is 25.9 Å². The molecule has 0 unspecified atom stereocenters. The summed E-state index contributed by atoms with van der Waals surface area (Å²) in [5.74, 6) is 0.698. The maximum Gasteiger partial charge on any atom is 0.0546 e. The Morgan fingerprint density at radius 2 is 2.27 bits per heavy atom. The smallest absolute Gasteiger partial charge is 0.0546 e. The summed E-state index contributed by atoms with van der Waals surface area (Å²) in [6.07, 6.45) is 1.93. The van der Waals surface area contributed by atoms with E-state index in [2.05, 4.69) is 11.9 Å². The SMILES string of the molecule is C=C(C)CNCC1CC(O)C1. The van der Waals surface area contributed by atoms with Gasteiger partial charge in [-0.1, -0.05) is 12.2 Å². The van der Waals surface area contributed by atoms with Crippen LogP contribution in [0.25, 0.3) is 0 Å². The van der Waals surface area contributed by atoms with Crippen LogP contribution in [-0.4, -0.2) is 24.3 Å². The molecule has 64 valence electrons. The van der Waals surface area contributed by atoms with Crippen LogP contribution >= 0.6 is 0 Å². The van der Waals surface area contributed by atoms with E-state index in [-0.39, 0.29) is 6.10 Å². The van der Waals surface area contributed by atoms with Gasteiger partial charge in [-0.2, -0.15) is 0 Å². The van der Waals surface area contributed by atoms with Gasteiger partial charge in [0.05, 0.1) is 6.10 Å². The van der Waals surface area contributed by atoms with Crippen LogP contribution in [0, 0.1) is 5.92 Å². The molecule has 0 radical (unpaired) electrons. The lowest BCUT2D eigenvalue weighted by Crippen LogP contribution is -2.36. The number of hydrogen-bond donors (Lipinski definition) is 2. The molecule has 1 aliphatic carbocycles. The quantitative estimate of drug-likeness (QED) is 0.592. The van der Waals surface area contributed by atoms with Gasteiger partial charge < -0.3 is 10.4 Å². The molecule has 0 heterocycles. The number of aliphatic hydroxyl groups is 1. The first kappa shape index (κ1) is 8.75. The molecule has 0 atom stereocenters. The van der Waals surface area contributed by atoms with Gasteiger partial charge in [0.15, 0.2) is 0 Å². The van der Waals surface area contributed by atoms with Crippen molar-refractivity contribution < 1.29 is 5.11 Å². The standard InChI is InChI=1S/C9H17NO/c1-7(2)5-10-6-8-3-9(11)4-8/h8-11H,1,3-6H2,2H3. The van der Waals surface area contributed by atoms with E-state index in [0.29, 0.717) is 5.92 Å². The van der Waals surface area contributed by atoms with Crippen molar-refractivity contribution in [3.05, 3.63) is 12.2 Å². The first-order valence-corrected chi connectivity index (χ1v) is 4.21. The summed E-state index contributed by atoms with van der Waals surface area (Å²) in [7, 11) is 0. The number of aliphatic hydroxyl groups excluding tert-OH is 1. The average molecular weight is 155 g/mol. The van der Waals surface area contributed by atoms with Crippen molar-refractivity contribution in [2.75, 3.05) is 13.1 Å². The summed E-state index contributed by atoms with van der Waals surface area (Å²) in [6.45, 7) is 7.76. The van der Waals surface area contributed by atoms with Crippen LogP contribution in [0.3, 0.4) is 0 Å². The molecule has 1 saturated carbocycles. The van der Waals surface area contributed by atoms with Gasteiger partial charge in [-0.05, 0) is 32.2 Å². The summed E-state index contributed by atoms with van der Waals surface area (Å²) in [4.78, 5) is 0. The predicted molar refractivity (Wildman–Crippen MR) is 46.4 cm³/mol. The first-order valence-electron chi connectivity index (χ1n) is 4.21. The molecular formula is C9H17NO. The second kappa shape index (κ2) is 3.88. The Bertz CT molecular complexity index is 138. The Morgan fingerprint density at radius 1 is 1.64 bits per heavy atom. The maximum absolute atomic E-state index is 8.98. The molecule has 0 aromatic rings. The second-order valence-electron chi connectivity index (χ2n) is 3.58. The fourth-order valence-corrected chi connectivity index (χ4v) is 1.36. The molecular weight excluding hydrogens is 138 g/mol. The molecule has 0 spiro atoms. The molecule has 1 aliphatic rings. The number of rotatable bonds is 4. The molecule has 2 N–H and O–H groups in total. The van der Waals surface area contributed by atoms with E-state index in [1.54, 1.807) is 0 Å². The van der Waals surface area contributed by atoms with Gasteiger partial charge in [0.25, 0.3) is 0 Å². The highest BCUT2D eigenvalue weighted by molar-refractivity contribution is 4.91. The minimum absolute atomic E-state index is 0.0216. The molecule has 1 fully saturated rings. The lowest BCUT2D eigenvalue weighted by atomic mass is 9.82. The summed E-state index contributed by atoms with van der Waals surface area (Å²) in [5.41, 5.74) is 1.17. The Morgan fingerprint density at radius 3 is 2.73 bits per heavy atom. The lowest BCUT2D eigenvalue weighted by Gasteiger charge is -2.31. The highest BCUT2D eigenvalue weighted by Crippen LogP contribution is 2.25. The third-order valence-corrected chi connectivity index (χ3v) is 2.07. The van der Waals surface area contributed by atoms with Crippen LogP contribution in [-0.2, 0) is 0 Å². The third kappa shape index (κ3) is 3.04. The maximum atomic E-state index is 8.98. The Hall–Kier alpha value is -0.340. The van der Waals surface area contributed by atoms with Crippen molar-refractivity contribution in [3.8, 4) is 0 Å². The number of hydrogen-bond acceptors (Lipinski definition) is 2. The molecule has 2 heteroatoms. The van der Waals surface area contributed by atoms with Crippen molar-refractivity contribution >= 4 is 0 Å². The van der Waals surface area contributed by atoms with Crippen molar-refractivity contribution in [1.29, 1.82) is 0 Å². The molecule has 0 amide bonds. The molecule has 0 aromatic heterocycles. The van der Waals surface area contributed by atoms with E-state index in [1.165, 1.54) is 5.57 Å². The van der Waals surface area contributed by atoms with E-state index in [0.717, 1.165) is 25.9 Å². The van der Waals surface area contributed by atoms with Crippen molar-refractivity contribution in [3.63, 3.8) is 0 Å². The topological polar surface area (TPSA) is 32.3 Å². The van der Waals surface area contributed by atoms with Gasteiger partial charge in [-0.25, -0.2) is 0 Å². The van der Waals surface area contributed by atoms with E-state index in [1.807, 2.05) is 6.92 Å². The van der Waals surface area contributed by atoms with Crippen molar-refractivity contribution in [1.82, 2.24) is 5.32 Å². The first-order chi connectivity index (χ1) is 5.18. The summed E-state index contributed by atoms with van der Waals surface area (Å²) in [6, 6.07) is 0. The highest BCUT2D eigenvalue weighted by atomic mass is 16.3. The molecule has 1 rings (SSSR count). The predicted octanol–water partition coefficient (Wildman–Crippen LogP) is 0.923. The monoisotopic (exact) mass is 155 g/mol. The van der Waals surface area contributed by atoms with Crippen LogP contribution in [0.1, 0.15) is 19.8 Å². The van der Waals surface area contributed by atoms with Gasteiger partial charge in [-0.15, -0.1) is 0 Å². The third-order valence-electron chi connectivity index (χ3n) is 2.07. The zero-order valence-electron chi connectivity index (χ0n) is 7.14. The largest absolute Gasteiger partial charge is 0.393 e. The molecule has 2 nitrogen and oxygen atoms in total. The zero-order chi connectivity index (χ0) is 8.27. The highest BCUT2D eigenvalue weighted by Gasteiger charge is 2.26. The summed E-state index contributed by atoms with van der Waals surface area (Å²) < 4.78 is 0. The minimum Gasteiger partial charge on any atom is -0.393 e. The lowest BCUT2D eigenvalue weighted by molar-refractivity contribution is 0.0434. The second-order valence-corrected chi connectivity index (χ2v) is 3.58. The molecule has 0 saturated heterocycles. The summed E-state index contributed by atoms with van der Waals surface area (Å²) in [5, 5.41) is 12.3. The van der Waals surface area contributed by atoms with Gasteiger partial charge in [0, 0.05) is 6.54 Å². The van der Waals surface area contributed by atoms with Gasteiger partial charge in [-0.3, -0.25) is 0 Å². The Balaban J connectivity index is 1.92. The van der Waals surface area contributed by atoms with E-state index < -0.39 is 0 Å². The van der Waals surface area contributed by atoms with Crippen LogP contribution < -0.4 is 5.32 Å². The van der Waals surface area contributed by atoms with Gasteiger partial charge in [0.2, 0.25) is 0 Å². The van der Waals surface area contributed by atoms with Crippen LogP contribution in [0.5, 0.6) is 0 Å². The molecule has 11 heavy (non-hydrogen) atoms. The number of nitrogens with one attached hydrogen (secondary N) is 1. The molecule has 0 bridgehead atoms. The zero-order valence-corrected chi connectivity index (χ0v) is 7.14. The Labute approximate surface area is 68.3 Å². The normalized spacial score (nSPS) is 29.6.